The van der Waals surface area contributed by atoms with Crippen molar-refractivity contribution >= 4 is 5.84 Å². The molecule has 4 heteroatoms. The fourth-order valence-corrected chi connectivity index (χ4v) is 3.75. The Bertz CT molecular complexity index is 285. The quantitative estimate of drug-likeness (QED) is 0.351. The van der Waals surface area contributed by atoms with Crippen LogP contribution in [0.5, 0.6) is 0 Å². The van der Waals surface area contributed by atoms with E-state index in [1.54, 1.807) is 0 Å². The van der Waals surface area contributed by atoms with Crippen LogP contribution < -0.4 is 5.73 Å². The lowest BCUT2D eigenvalue weighted by Crippen LogP contribution is -2.47. The highest BCUT2D eigenvalue weighted by Crippen LogP contribution is 2.33. The number of hydrogen-bond acceptors (Lipinski definition) is 3. The fourth-order valence-electron chi connectivity index (χ4n) is 3.75. The van der Waals surface area contributed by atoms with Crippen molar-refractivity contribution in [3.8, 4) is 0 Å². The lowest BCUT2D eigenvalue weighted by Gasteiger charge is -2.43. The molecule has 2 rings (SSSR count). The van der Waals surface area contributed by atoms with Crippen LogP contribution in [-0.2, 0) is 0 Å². The number of rotatable bonds is 3. The number of hydrogen-bond donors (Lipinski definition) is 2. The molecule has 18 heavy (non-hydrogen) atoms. The third-order valence-electron chi connectivity index (χ3n) is 4.93. The molecule has 0 aromatic carbocycles. The molecular formula is C14H27N3O. The Balaban J connectivity index is 1.88. The first-order chi connectivity index (χ1) is 8.76. The van der Waals surface area contributed by atoms with Crippen molar-refractivity contribution in [2.45, 2.75) is 57.9 Å². The average Bonchev–Trinajstić information content (AvgIpc) is 2.46. The van der Waals surface area contributed by atoms with Crippen molar-refractivity contribution in [2.24, 2.45) is 22.7 Å². The molecule has 0 spiro atoms. The van der Waals surface area contributed by atoms with E-state index in [1.807, 2.05) is 0 Å². The highest BCUT2D eigenvalue weighted by molar-refractivity contribution is 5.82. The second-order valence-corrected chi connectivity index (χ2v) is 5.86. The standard InChI is InChI=1S/C14H27N3O/c1-2-11-5-3-4-6-13(11)17-9-7-12(8-10-17)14(15)16-18/h11-13,18H,2-10H2,1H3,(H2,15,16). The first-order valence-corrected chi connectivity index (χ1v) is 7.47. The van der Waals surface area contributed by atoms with Crippen LogP contribution in [0.15, 0.2) is 5.16 Å². The number of nitrogens with two attached hydrogens (primary N) is 1. The van der Waals surface area contributed by atoms with E-state index in [0.29, 0.717) is 5.84 Å². The molecule has 0 aromatic heterocycles. The van der Waals surface area contributed by atoms with E-state index < -0.39 is 0 Å². The van der Waals surface area contributed by atoms with Gasteiger partial charge < -0.3 is 15.8 Å². The normalized spacial score (nSPS) is 32.6. The van der Waals surface area contributed by atoms with Crippen LogP contribution in [0.3, 0.4) is 0 Å². The highest BCUT2D eigenvalue weighted by Gasteiger charge is 2.32. The molecule has 104 valence electrons. The van der Waals surface area contributed by atoms with Crippen LogP contribution in [0.4, 0.5) is 0 Å². The maximum absolute atomic E-state index is 8.73. The Labute approximate surface area is 110 Å². The van der Waals surface area contributed by atoms with Gasteiger partial charge in [0.25, 0.3) is 0 Å². The van der Waals surface area contributed by atoms with Crippen molar-refractivity contribution in [1.82, 2.24) is 4.90 Å². The lowest BCUT2D eigenvalue weighted by atomic mass is 9.80. The molecule has 1 saturated carbocycles. The van der Waals surface area contributed by atoms with Gasteiger partial charge in [-0.15, -0.1) is 0 Å². The van der Waals surface area contributed by atoms with Gasteiger partial charge in [0.1, 0.15) is 5.84 Å². The van der Waals surface area contributed by atoms with E-state index in [1.165, 1.54) is 32.1 Å². The van der Waals surface area contributed by atoms with Gasteiger partial charge in [-0.1, -0.05) is 31.3 Å². The van der Waals surface area contributed by atoms with Crippen LogP contribution in [0, 0.1) is 11.8 Å². The molecule has 0 bridgehead atoms. The number of amidine groups is 1. The molecule has 0 amide bonds. The Morgan fingerprint density at radius 3 is 2.50 bits per heavy atom. The summed E-state index contributed by atoms with van der Waals surface area (Å²) in [6.07, 6.45) is 8.97. The predicted octanol–water partition coefficient (Wildman–Crippen LogP) is 2.41. The summed E-state index contributed by atoms with van der Waals surface area (Å²) in [6.45, 7) is 4.55. The van der Waals surface area contributed by atoms with Gasteiger partial charge in [0.15, 0.2) is 0 Å². The Kier molecular flexibility index (Phi) is 4.87. The largest absolute Gasteiger partial charge is 0.409 e. The average molecular weight is 253 g/mol. The van der Waals surface area contributed by atoms with Gasteiger partial charge in [-0.3, -0.25) is 0 Å². The molecule has 2 unspecified atom stereocenters. The van der Waals surface area contributed by atoms with Crippen molar-refractivity contribution in [3.05, 3.63) is 0 Å². The summed E-state index contributed by atoms with van der Waals surface area (Å²) in [5.74, 6) is 1.60. The second kappa shape index (κ2) is 6.41. The fraction of sp³-hybridized carbons (Fsp3) is 0.929. The number of likely N-dealkylation sites (tertiary alicyclic amines) is 1. The topological polar surface area (TPSA) is 61.8 Å². The van der Waals surface area contributed by atoms with Gasteiger partial charge in [-0.2, -0.15) is 0 Å². The van der Waals surface area contributed by atoms with Crippen LogP contribution in [0.2, 0.25) is 0 Å². The maximum atomic E-state index is 8.73. The minimum Gasteiger partial charge on any atom is -0.409 e. The summed E-state index contributed by atoms with van der Waals surface area (Å²) in [6, 6.07) is 0.789. The SMILES string of the molecule is CCC1CCCCC1N1CCC(C(N)=NO)CC1. The summed E-state index contributed by atoms with van der Waals surface area (Å²) in [4.78, 5) is 2.66. The molecule has 2 aliphatic rings. The molecule has 1 heterocycles. The van der Waals surface area contributed by atoms with Crippen LogP contribution in [0.25, 0.3) is 0 Å². The second-order valence-electron chi connectivity index (χ2n) is 5.86. The molecule has 2 atom stereocenters. The molecular weight excluding hydrogens is 226 g/mol. The minimum atomic E-state index is 0.287. The third kappa shape index (κ3) is 2.97. The summed E-state index contributed by atoms with van der Waals surface area (Å²) in [5.41, 5.74) is 5.71. The molecule has 3 N–H and O–H groups in total. The van der Waals surface area contributed by atoms with E-state index >= 15 is 0 Å². The van der Waals surface area contributed by atoms with E-state index in [4.69, 9.17) is 10.9 Å². The van der Waals surface area contributed by atoms with Gasteiger partial charge >= 0.3 is 0 Å². The van der Waals surface area contributed by atoms with Crippen molar-refractivity contribution < 1.29 is 5.21 Å². The van der Waals surface area contributed by atoms with Crippen LogP contribution in [-0.4, -0.2) is 35.1 Å². The van der Waals surface area contributed by atoms with Crippen molar-refractivity contribution in [2.75, 3.05) is 13.1 Å². The van der Waals surface area contributed by atoms with E-state index in [2.05, 4.69) is 17.0 Å². The van der Waals surface area contributed by atoms with Gasteiger partial charge in [-0.25, -0.2) is 0 Å². The molecule has 0 radical (unpaired) electrons. The predicted molar refractivity (Wildman–Crippen MR) is 73.7 cm³/mol. The monoisotopic (exact) mass is 253 g/mol. The van der Waals surface area contributed by atoms with E-state index in [0.717, 1.165) is 37.9 Å². The minimum absolute atomic E-state index is 0.287. The number of oxime groups is 1. The van der Waals surface area contributed by atoms with E-state index in [-0.39, 0.29) is 5.92 Å². The summed E-state index contributed by atoms with van der Waals surface area (Å²) < 4.78 is 0. The highest BCUT2D eigenvalue weighted by atomic mass is 16.4. The maximum Gasteiger partial charge on any atom is 0.142 e. The lowest BCUT2D eigenvalue weighted by molar-refractivity contribution is 0.0751. The molecule has 4 nitrogen and oxygen atoms in total. The zero-order valence-electron chi connectivity index (χ0n) is 11.5. The van der Waals surface area contributed by atoms with Crippen molar-refractivity contribution in [1.29, 1.82) is 0 Å². The van der Waals surface area contributed by atoms with Gasteiger partial charge in [-0.05, 0) is 44.7 Å². The summed E-state index contributed by atoms with van der Waals surface area (Å²) in [7, 11) is 0. The summed E-state index contributed by atoms with van der Waals surface area (Å²) >= 11 is 0. The van der Waals surface area contributed by atoms with Gasteiger partial charge in [0.2, 0.25) is 0 Å². The Hall–Kier alpha value is -0.770. The van der Waals surface area contributed by atoms with E-state index in [9.17, 15) is 0 Å². The molecule has 1 saturated heterocycles. The first-order valence-electron chi connectivity index (χ1n) is 7.47. The Morgan fingerprint density at radius 1 is 1.22 bits per heavy atom. The zero-order valence-corrected chi connectivity index (χ0v) is 11.5. The molecule has 1 aliphatic heterocycles. The van der Waals surface area contributed by atoms with Crippen molar-refractivity contribution in [3.63, 3.8) is 0 Å². The number of nitrogens with zero attached hydrogens (tertiary/aromatic N) is 2. The van der Waals surface area contributed by atoms with Gasteiger partial charge in [0.05, 0.1) is 0 Å². The molecule has 1 aliphatic carbocycles. The summed E-state index contributed by atoms with van der Waals surface area (Å²) in [5, 5.41) is 11.9. The van der Waals surface area contributed by atoms with Crippen LogP contribution in [0.1, 0.15) is 51.9 Å². The number of piperidine rings is 1. The van der Waals surface area contributed by atoms with Crippen LogP contribution >= 0.6 is 0 Å². The molecule has 2 fully saturated rings. The smallest absolute Gasteiger partial charge is 0.142 e. The first kappa shape index (κ1) is 13.7. The Morgan fingerprint density at radius 2 is 1.89 bits per heavy atom. The zero-order chi connectivity index (χ0) is 13.0. The molecule has 0 aromatic rings. The van der Waals surface area contributed by atoms with Gasteiger partial charge in [0, 0.05) is 12.0 Å². The third-order valence-corrected chi connectivity index (χ3v) is 4.93.